The van der Waals surface area contributed by atoms with Crippen LogP contribution in [0.4, 0.5) is 5.13 Å². The zero-order chi connectivity index (χ0) is 13.5. The average molecular weight is 279 g/mol. The van der Waals surface area contributed by atoms with Crippen molar-refractivity contribution in [1.82, 2.24) is 10.2 Å². The summed E-state index contributed by atoms with van der Waals surface area (Å²) < 4.78 is 11.2. The molecule has 0 aliphatic carbocycles. The summed E-state index contributed by atoms with van der Waals surface area (Å²) in [6.45, 7) is 3.20. The van der Waals surface area contributed by atoms with Crippen LogP contribution in [0.3, 0.4) is 0 Å². The van der Waals surface area contributed by atoms with Crippen LogP contribution in [0.2, 0.25) is 0 Å². The lowest BCUT2D eigenvalue weighted by atomic mass is 10.3. The first kappa shape index (κ1) is 13.6. The summed E-state index contributed by atoms with van der Waals surface area (Å²) in [6.07, 6.45) is 1.70. The van der Waals surface area contributed by atoms with Crippen LogP contribution in [-0.2, 0) is 6.42 Å². The van der Waals surface area contributed by atoms with E-state index in [1.54, 1.807) is 0 Å². The quantitative estimate of drug-likeness (QED) is 0.789. The highest BCUT2D eigenvalue weighted by molar-refractivity contribution is 7.15. The van der Waals surface area contributed by atoms with Gasteiger partial charge in [0, 0.05) is 6.42 Å². The van der Waals surface area contributed by atoms with Gasteiger partial charge in [-0.05, 0) is 25.5 Å². The Kier molecular flexibility index (Phi) is 4.97. The predicted molar refractivity (Wildman–Crippen MR) is 75.7 cm³/mol. The van der Waals surface area contributed by atoms with Gasteiger partial charge in [-0.25, -0.2) is 0 Å². The maximum atomic E-state index is 5.72. The molecule has 2 rings (SSSR count). The molecule has 1 heterocycles. The van der Waals surface area contributed by atoms with E-state index >= 15 is 0 Å². The maximum Gasteiger partial charge on any atom is 0.203 e. The largest absolute Gasteiger partial charge is 0.490 e. The second-order valence-electron chi connectivity index (χ2n) is 3.87. The first-order chi connectivity index (χ1) is 9.29. The van der Waals surface area contributed by atoms with Crippen molar-refractivity contribution in [2.75, 3.05) is 18.9 Å². The lowest BCUT2D eigenvalue weighted by Gasteiger charge is -2.10. The third-order valence-corrected chi connectivity index (χ3v) is 3.24. The summed E-state index contributed by atoms with van der Waals surface area (Å²) in [4.78, 5) is 0. The number of nitrogen functional groups attached to an aromatic ring is 1. The molecule has 102 valence electrons. The zero-order valence-corrected chi connectivity index (χ0v) is 11.7. The van der Waals surface area contributed by atoms with Crippen molar-refractivity contribution in [3.05, 3.63) is 29.3 Å². The highest BCUT2D eigenvalue weighted by atomic mass is 32.1. The van der Waals surface area contributed by atoms with Crippen molar-refractivity contribution in [1.29, 1.82) is 0 Å². The minimum absolute atomic E-state index is 0.512. The summed E-state index contributed by atoms with van der Waals surface area (Å²) in [6, 6.07) is 7.68. The Labute approximate surface area is 116 Å². The molecule has 5 nitrogen and oxygen atoms in total. The van der Waals surface area contributed by atoms with Gasteiger partial charge in [-0.3, -0.25) is 0 Å². The zero-order valence-electron chi connectivity index (χ0n) is 10.8. The van der Waals surface area contributed by atoms with Gasteiger partial charge >= 0.3 is 0 Å². The standard InChI is InChI=1S/C13H17N3O2S/c1-2-17-10-6-3-4-7-11(10)18-9-5-8-12-15-16-13(14)19-12/h3-4,6-7H,2,5,8-9H2,1H3,(H2,14,16). The van der Waals surface area contributed by atoms with Crippen LogP contribution in [0.1, 0.15) is 18.4 Å². The van der Waals surface area contributed by atoms with Crippen molar-refractivity contribution in [3.8, 4) is 11.5 Å². The molecule has 0 spiro atoms. The Balaban J connectivity index is 1.79. The fourth-order valence-corrected chi connectivity index (χ4v) is 2.27. The molecule has 1 aromatic carbocycles. The van der Waals surface area contributed by atoms with E-state index in [-0.39, 0.29) is 0 Å². The van der Waals surface area contributed by atoms with E-state index in [0.29, 0.717) is 18.3 Å². The van der Waals surface area contributed by atoms with E-state index in [4.69, 9.17) is 15.2 Å². The van der Waals surface area contributed by atoms with Crippen molar-refractivity contribution in [3.63, 3.8) is 0 Å². The molecule has 2 N–H and O–H groups in total. The van der Waals surface area contributed by atoms with Gasteiger partial charge in [0.1, 0.15) is 5.01 Å². The van der Waals surface area contributed by atoms with Crippen LogP contribution < -0.4 is 15.2 Å². The molecule has 0 fully saturated rings. The van der Waals surface area contributed by atoms with E-state index in [1.165, 1.54) is 11.3 Å². The number of aromatic nitrogens is 2. The first-order valence-corrected chi connectivity index (χ1v) is 7.03. The first-order valence-electron chi connectivity index (χ1n) is 6.22. The Morgan fingerprint density at radius 2 is 1.89 bits per heavy atom. The second kappa shape index (κ2) is 6.94. The van der Waals surface area contributed by atoms with Crippen molar-refractivity contribution in [2.45, 2.75) is 19.8 Å². The Hall–Kier alpha value is -1.82. The fourth-order valence-electron chi connectivity index (χ4n) is 1.62. The molecule has 0 bridgehead atoms. The highest BCUT2D eigenvalue weighted by Gasteiger charge is 2.04. The van der Waals surface area contributed by atoms with Gasteiger partial charge in [0.2, 0.25) is 5.13 Å². The maximum absolute atomic E-state index is 5.72. The van der Waals surface area contributed by atoms with Gasteiger partial charge in [-0.15, -0.1) is 10.2 Å². The van der Waals surface area contributed by atoms with E-state index in [1.807, 2.05) is 31.2 Å². The second-order valence-corrected chi connectivity index (χ2v) is 4.96. The fraction of sp³-hybridized carbons (Fsp3) is 0.385. The normalized spacial score (nSPS) is 10.4. The van der Waals surface area contributed by atoms with Crippen LogP contribution in [0.5, 0.6) is 11.5 Å². The van der Waals surface area contributed by atoms with Gasteiger partial charge in [-0.2, -0.15) is 0 Å². The van der Waals surface area contributed by atoms with Crippen LogP contribution in [0.25, 0.3) is 0 Å². The van der Waals surface area contributed by atoms with Crippen molar-refractivity contribution in [2.24, 2.45) is 0 Å². The number of hydrogen-bond donors (Lipinski definition) is 1. The molecule has 6 heteroatoms. The van der Waals surface area contributed by atoms with Gasteiger partial charge in [0.25, 0.3) is 0 Å². The topological polar surface area (TPSA) is 70.3 Å². The average Bonchev–Trinajstić information content (AvgIpc) is 2.83. The Morgan fingerprint density at radius 1 is 1.16 bits per heavy atom. The summed E-state index contributed by atoms with van der Waals surface area (Å²) >= 11 is 1.42. The number of nitrogens with zero attached hydrogens (tertiary/aromatic N) is 2. The molecular weight excluding hydrogens is 262 g/mol. The Bertz CT molecular complexity index is 516. The molecule has 0 aliphatic heterocycles. The highest BCUT2D eigenvalue weighted by Crippen LogP contribution is 2.26. The molecule has 1 aromatic heterocycles. The summed E-state index contributed by atoms with van der Waals surface area (Å²) in [5, 5.41) is 9.20. The number of para-hydroxylation sites is 2. The predicted octanol–water partition coefficient (Wildman–Crippen LogP) is 2.53. The molecule has 0 aliphatic rings. The van der Waals surface area contributed by atoms with Crippen LogP contribution >= 0.6 is 11.3 Å². The molecule has 0 radical (unpaired) electrons. The molecular formula is C13H17N3O2S. The molecule has 19 heavy (non-hydrogen) atoms. The van der Waals surface area contributed by atoms with Crippen LogP contribution in [0, 0.1) is 0 Å². The Morgan fingerprint density at radius 3 is 2.53 bits per heavy atom. The summed E-state index contributed by atoms with van der Waals surface area (Å²) in [5.74, 6) is 1.56. The monoisotopic (exact) mass is 279 g/mol. The van der Waals surface area contributed by atoms with E-state index in [0.717, 1.165) is 29.3 Å². The van der Waals surface area contributed by atoms with Crippen LogP contribution in [0.15, 0.2) is 24.3 Å². The lowest BCUT2D eigenvalue weighted by molar-refractivity contribution is 0.273. The number of rotatable bonds is 7. The number of ether oxygens (including phenoxy) is 2. The molecule has 2 aromatic rings. The molecule has 0 amide bonds. The molecule has 0 saturated heterocycles. The number of benzene rings is 1. The number of anilines is 1. The number of aryl methyl sites for hydroxylation is 1. The molecule has 0 saturated carbocycles. The third kappa shape index (κ3) is 4.10. The SMILES string of the molecule is CCOc1ccccc1OCCCc1nnc(N)s1. The van der Waals surface area contributed by atoms with Gasteiger partial charge < -0.3 is 15.2 Å². The minimum Gasteiger partial charge on any atom is -0.490 e. The third-order valence-electron chi connectivity index (χ3n) is 2.42. The lowest BCUT2D eigenvalue weighted by Crippen LogP contribution is -2.02. The number of hydrogen-bond acceptors (Lipinski definition) is 6. The smallest absolute Gasteiger partial charge is 0.203 e. The van der Waals surface area contributed by atoms with Gasteiger partial charge in [0.05, 0.1) is 13.2 Å². The van der Waals surface area contributed by atoms with Crippen LogP contribution in [-0.4, -0.2) is 23.4 Å². The molecule has 0 atom stereocenters. The summed E-state index contributed by atoms with van der Waals surface area (Å²) in [5.41, 5.74) is 5.52. The number of nitrogens with two attached hydrogens (primary N) is 1. The minimum atomic E-state index is 0.512. The van der Waals surface area contributed by atoms with Gasteiger partial charge in [-0.1, -0.05) is 23.5 Å². The van der Waals surface area contributed by atoms with Crippen molar-refractivity contribution >= 4 is 16.5 Å². The van der Waals surface area contributed by atoms with E-state index in [2.05, 4.69) is 10.2 Å². The summed E-state index contributed by atoms with van der Waals surface area (Å²) in [7, 11) is 0. The van der Waals surface area contributed by atoms with Gasteiger partial charge in [0.15, 0.2) is 11.5 Å². The van der Waals surface area contributed by atoms with E-state index in [9.17, 15) is 0 Å². The molecule has 0 unspecified atom stereocenters. The van der Waals surface area contributed by atoms with E-state index < -0.39 is 0 Å². The van der Waals surface area contributed by atoms with Crippen molar-refractivity contribution < 1.29 is 9.47 Å².